The highest BCUT2D eigenvalue weighted by Crippen LogP contribution is 2.18. The van der Waals surface area contributed by atoms with Crippen LogP contribution in [0.5, 0.6) is 0 Å². The molecule has 1 saturated heterocycles. The Hall–Kier alpha value is -1.95. The summed E-state index contributed by atoms with van der Waals surface area (Å²) in [5.74, 6) is -0.148. The van der Waals surface area contributed by atoms with Gasteiger partial charge in [-0.05, 0) is 25.8 Å². The van der Waals surface area contributed by atoms with Crippen LogP contribution >= 0.6 is 0 Å². The molecule has 0 unspecified atom stereocenters. The predicted molar refractivity (Wildman–Crippen MR) is 84.4 cm³/mol. The molecule has 1 radical (unpaired) electrons. The van der Waals surface area contributed by atoms with Gasteiger partial charge >= 0.3 is 0 Å². The van der Waals surface area contributed by atoms with Gasteiger partial charge in [0.2, 0.25) is 5.91 Å². The molecule has 119 valence electrons. The van der Waals surface area contributed by atoms with E-state index in [-0.39, 0.29) is 24.1 Å². The zero-order chi connectivity index (χ0) is 15.9. The molecule has 1 aliphatic heterocycles. The number of hydrogen-bond acceptors (Lipinski definition) is 4. The summed E-state index contributed by atoms with van der Waals surface area (Å²) in [5, 5.41) is 13.9. The van der Waals surface area contributed by atoms with Crippen LogP contribution < -0.4 is 5.32 Å². The smallest absolute Gasteiger partial charge is 0.273 e. The van der Waals surface area contributed by atoms with Crippen molar-refractivity contribution in [2.45, 2.75) is 31.7 Å². The summed E-state index contributed by atoms with van der Waals surface area (Å²) in [4.78, 5) is 25.0. The quantitative estimate of drug-likeness (QED) is 0.644. The highest BCUT2D eigenvalue weighted by Gasteiger charge is 2.21. The summed E-state index contributed by atoms with van der Waals surface area (Å²) in [6, 6.07) is 6.55. The lowest BCUT2D eigenvalue weighted by molar-refractivity contribution is -0.385. The van der Waals surface area contributed by atoms with Crippen molar-refractivity contribution in [3.63, 3.8) is 0 Å². The SMILES string of the molecule is [CH2]CCN1CCC(NC(=O)Cc2ccccc2[N+](=O)[O-])CC1. The van der Waals surface area contributed by atoms with Gasteiger partial charge in [0.05, 0.1) is 11.3 Å². The van der Waals surface area contributed by atoms with Crippen LogP contribution in [0.25, 0.3) is 0 Å². The van der Waals surface area contributed by atoms with Crippen molar-refractivity contribution in [3.05, 3.63) is 46.9 Å². The van der Waals surface area contributed by atoms with Gasteiger partial charge in [0.25, 0.3) is 5.69 Å². The maximum atomic E-state index is 12.1. The van der Waals surface area contributed by atoms with E-state index in [4.69, 9.17) is 0 Å². The fourth-order valence-corrected chi connectivity index (χ4v) is 2.81. The van der Waals surface area contributed by atoms with Crippen molar-refractivity contribution in [2.24, 2.45) is 0 Å². The van der Waals surface area contributed by atoms with Gasteiger partial charge in [0.15, 0.2) is 0 Å². The van der Waals surface area contributed by atoms with Gasteiger partial charge in [-0.15, -0.1) is 0 Å². The molecule has 1 N–H and O–H groups in total. The van der Waals surface area contributed by atoms with E-state index >= 15 is 0 Å². The minimum Gasteiger partial charge on any atom is -0.353 e. The number of piperidine rings is 1. The summed E-state index contributed by atoms with van der Waals surface area (Å²) in [7, 11) is 0. The molecule has 0 aromatic heterocycles. The molecule has 6 heteroatoms. The van der Waals surface area contributed by atoms with Crippen molar-refractivity contribution < 1.29 is 9.72 Å². The van der Waals surface area contributed by atoms with E-state index in [9.17, 15) is 14.9 Å². The van der Waals surface area contributed by atoms with Crippen molar-refractivity contribution >= 4 is 11.6 Å². The molecular formula is C16H22N3O3. The molecule has 1 fully saturated rings. The van der Waals surface area contributed by atoms with Gasteiger partial charge in [0, 0.05) is 30.8 Å². The van der Waals surface area contributed by atoms with Crippen LogP contribution in [0.4, 0.5) is 5.69 Å². The first-order valence-electron chi connectivity index (χ1n) is 7.63. The lowest BCUT2D eigenvalue weighted by atomic mass is 10.0. The summed E-state index contributed by atoms with van der Waals surface area (Å²) in [5.41, 5.74) is 0.461. The van der Waals surface area contributed by atoms with Gasteiger partial charge in [-0.2, -0.15) is 0 Å². The van der Waals surface area contributed by atoms with Crippen LogP contribution in [0.3, 0.4) is 0 Å². The van der Waals surface area contributed by atoms with Gasteiger partial charge < -0.3 is 10.2 Å². The molecule has 22 heavy (non-hydrogen) atoms. The van der Waals surface area contributed by atoms with Crippen LogP contribution in [0.1, 0.15) is 24.8 Å². The number of nitrogens with one attached hydrogen (secondary N) is 1. The van der Waals surface area contributed by atoms with E-state index in [0.29, 0.717) is 5.56 Å². The molecule has 1 aromatic carbocycles. The summed E-state index contributed by atoms with van der Waals surface area (Å²) in [6.45, 7) is 6.78. The topological polar surface area (TPSA) is 75.5 Å². The van der Waals surface area contributed by atoms with Gasteiger partial charge in [-0.1, -0.05) is 25.1 Å². The molecular weight excluding hydrogens is 282 g/mol. The van der Waals surface area contributed by atoms with Crippen LogP contribution in [0.15, 0.2) is 24.3 Å². The van der Waals surface area contributed by atoms with Gasteiger partial charge in [-0.3, -0.25) is 14.9 Å². The van der Waals surface area contributed by atoms with E-state index < -0.39 is 4.92 Å². The van der Waals surface area contributed by atoms with E-state index in [0.717, 1.165) is 38.9 Å². The highest BCUT2D eigenvalue weighted by molar-refractivity contribution is 5.80. The van der Waals surface area contributed by atoms with Gasteiger partial charge in [-0.25, -0.2) is 0 Å². The molecule has 0 spiro atoms. The van der Waals surface area contributed by atoms with E-state index in [2.05, 4.69) is 17.1 Å². The molecule has 2 rings (SSSR count). The zero-order valence-electron chi connectivity index (χ0n) is 12.7. The standard InChI is InChI=1S/C16H22N3O3/c1-2-9-18-10-7-14(8-11-18)17-16(20)12-13-5-3-4-6-15(13)19(21)22/h3-6,14H,1-2,7-12H2,(H,17,20). The number of nitro groups is 1. The number of para-hydroxylation sites is 1. The number of nitrogens with zero attached hydrogens (tertiary/aromatic N) is 2. The second-order valence-electron chi connectivity index (χ2n) is 5.60. The highest BCUT2D eigenvalue weighted by atomic mass is 16.6. The number of carbonyl (C=O) groups is 1. The Kier molecular flexibility index (Phi) is 5.89. The Labute approximate surface area is 130 Å². The van der Waals surface area contributed by atoms with Crippen molar-refractivity contribution in [2.75, 3.05) is 19.6 Å². The lowest BCUT2D eigenvalue weighted by Gasteiger charge is -2.32. The average molecular weight is 304 g/mol. The lowest BCUT2D eigenvalue weighted by Crippen LogP contribution is -2.45. The number of nitro benzene ring substituents is 1. The Balaban J connectivity index is 1.85. The second-order valence-corrected chi connectivity index (χ2v) is 5.60. The Morgan fingerprint density at radius 3 is 2.68 bits per heavy atom. The first-order chi connectivity index (χ1) is 10.6. The summed E-state index contributed by atoms with van der Waals surface area (Å²) >= 11 is 0. The zero-order valence-corrected chi connectivity index (χ0v) is 12.7. The minimum atomic E-state index is -0.445. The van der Waals surface area contributed by atoms with Crippen molar-refractivity contribution in [1.29, 1.82) is 0 Å². The Morgan fingerprint density at radius 2 is 2.05 bits per heavy atom. The fourth-order valence-electron chi connectivity index (χ4n) is 2.81. The number of likely N-dealkylation sites (tertiary alicyclic amines) is 1. The van der Waals surface area contributed by atoms with Crippen molar-refractivity contribution in [3.8, 4) is 0 Å². The molecule has 6 nitrogen and oxygen atoms in total. The van der Waals surface area contributed by atoms with Crippen LogP contribution in [-0.4, -0.2) is 41.4 Å². The Bertz CT molecular complexity index is 525. The number of carbonyl (C=O) groups excluding carboxylic acids is 1. The van der Waals surface area contributed by atoms with Crippen molar-refractivity contribution in [1.82, 2.24) is 10.2 Å². The first-order valence-corrected chi connectivity index (χ1v) is 7.63. The van der Waals surface area contributed by atoms with Crippen LogP contribution in [0, 0.1) is 17.0 Å². The third-order valence-electron chi connectivity index (χ3n) is 3.97. The normalized spacial score (nSPS) is 16.4. The monoisotopic (exact) mass is 304 g/mol. The fraction of sp³-hybridized carbons (Fsp3) is 0.500. The average Bonchev–Trinajstić information content (AvgIpc) is 2.50. The number of hydrogen-bond donors (Lipinski definition) is 1. The van der Waals surface area contributed by atoms with Crippen LogP contribution in [0.2, 0.25) is 0 Å². The minimum absolute atomic E-state index is 0.00270. The van der Waals surface area contributed by atoms with E-state index in [1.54, 1.807) is 18.2 Å². The maximum Gasteiger partial charge on any atom is 0.273 e. The molecule has 1 amide bonds. The molecule has 0 atom stereocenters. The third-order valence-corrected chi connectivity index (χ3v) is 3.97. The largest absolute Gasteiger partial charge is 0.353 e. The van der Waals surface area contributed by atoms with E-state index in [1.165, 1.54) is 6.07 Å². The Morgan fingerprint density at radius 1 is 1.36 bits per heavy atom. The summed E-state index contributed by atoms with van der Waals surface area (Å²) < 4.78 is 0. The molecule has 1 aromatic rings. The molecule has 0 bridgehead atoms. The molecule has 1 aliphatic rings. The molecule has 0 aliphatic carbocycles. The molecule has 0 saturated carbocycles. The van der Waals surface area contributed by atoms with Crippen LogP contribution in [-0.2, 0) is 11.2 Å². The number of benzene rings is 1. The predicted octanol–water partition coefficient (Wildman–Crippen LogP) is 1.94. The number of amides is 1. The first kappa shape index (κ1) is 16.4. The van der Waals surface area contributed by atoms with Gasteiger partial charge in [0.1, 0.15) is 0 Å². The second kappa shape index (κ2) is 7.89. The third kappa shape index (κ3) is 4.53. The summed E-state index contributed by atoms with van der Waals surface area (Å²) in [6.07, 6.45) is 2.79. The number of rotatable bonds is 6. The maximum absolute atomic E-state index is 12.1. The molecule has 1 heterocycles. The van der Waals surface area contributed by atoms with E-state index in [1.807, 2.05) is 0 Å².